The number of alkyl halides is 3. The number of thioether (sulfide) groups is 1. The van der Waals surface area contributed by atoms with E-state index in [9.17, 15) is 18.0 Å². The van der Waals surface area contributed by atoms with Crippen LogP contribution in [0.3, 0.4) is 0 Å². The number of aromatic nitrogens is 2. The number of nitrogens with zero attached hydrogens (tertiary/aromatic N) is 2. The third-order valence-corrected chi connectivity index (χ3v) is 6.10. The first kappa shape index (κ1) is 21.6. The van der Waals surface area contributed by atoms with Gasteiger partial charge in [0.1, 0.15) is 5.82 Å². The Hall–Kier alpha value is -2.65. The van der Waals surface area contributed by atoms with E-state index in [-0.39, 0.29) is 17.9 Å². The van der Waals surface area contributed by atoms with Crippen LogP contribution in [0.2, 0.25) is 5.02 Å². The molecular weight excluding hydrogens is 449 g/mol. The van der Waals surface area contributed by atoms with Gasteiger partial charge in [0.05, 0.1) is 11.7 Å². The van der Waals surface area contributed by atoms with Crippen molar-refractivity contribution in [3.05, 3.63) is 70.9 Å². The second kappa shape index (κ2) is 8.47. The van der Waals surface area contributed by atoms with Gasteiger partial charge in [-0.15, -0.1) is 11.8 Å². The first-order valence-electron chi connectivity index (χ1n) is 9.39. The summed E-state index contributed by atoms with van der Waals surface area (Å²) in [5, 5.41) is 10.3. The van der Waals surface area contributed by atoms with Gasteiger partial charge in [0.25, 0.3) is 5.91 Å². The maximum atomic E-state index is 13.8. The summed E-state index contributed by atoms with van der Waals surface area (Å²) in [4.78, 5) is 13.6. The van der Waals surface area contributed by atoms with Gasteiger partial charge in [-0.1, -0.05) is 35.9 Å². The number of carbonyl (C=O) groups excluding carboxylic acids is 1. The van der Waals surface area contributed by atoms with Gasteiger partial charge >= 0.3 is 6.18 Å². The summed E-state index contributed by atoms with van der Waals surface area (Å²) in [6.07, 6.45) is -2.90. The molecule has 0 bridgehead atoms. The topological polar surface area (TPSA) is 59.0 Å². The normalized spacial score (nSPS) is 18.2. The SMILES string of the molecule is CSc1ccccc1NC(=O)c1cc2n(n1)[C@@H](C(F)(F)F)C[C@@H](c1ccc(Cl)cc1)N2. The van der Waals surface area contributed by atoms with Crippen LogP contribution < -0.4 is 10.6 Å². The van der Waals surface area contributed by atoms with Crippen molar-refractivity contribution in [3.8, 4) is 0 Å². The highest BCUT2D eigenvalue weighted by molar-refractivity contribution is 7.98. The largest absolute Gasteiger partial charge is 0.410 e. The summed E-state index contributed by atoms with van der Waals surface area (Å²) >= 11 is 7.35. The summed E-state index contributed by atoms with van der Waals surface area (Å²) in [7, 11) is 0. The van der Waals surface area contributed by atoms with Gasteiger partial charge in [0.15, 0.2) is 11.7 Å². The minimum absolute atomic E-state index is 0.0931. The number of amides is 1. The van der Waals surface area contributed by atoms with Crippen molar-refractivity contribution in [1.82, 2.24) is 9.78 Å². The van der Waals surface area contributed by atoms with E-state index < -0.39 is 24.2 Å². The number of fused-ring (bicyclic) bond motifs is 1. The minimum atomic E-state index is -4.52. The molecule has 0 radical (unpaired) electrons. The third-order valence-electron chi connectivity index (χ3n) is 5.05. The van der Waals surface area contributed by atoms with E-state index in [0.29, 0.717) is 16.3 Å². The van der Waals surface area contributed by atoms with Crippen molar-refractivity contribution in [1.29, 1.82) is 0 Å². The number of rotatable bonds is 4. The lowest BCUT2D eigenvalue weighted by Gasteiger charge is -2.33. The monoisotopic (exact) mass is 466 g/mol. The predicted molar refractivity (Wildman–Crippen MR) is 116 cm³/mol. The van der Waals surface area contributed by atoms with Crippen molar-refractivity contribution >= 4 is 40.8 Å². The molecule has 5 nitrogen and oxygen atoms in total. The number of hydrogen-bond donors (Lipinski definition) is 2. The molecule has 1 aromatic heterocycles. The maximum Gasteiger partial charge on any atom is 0.410 e. The Morgan fingerprint density at radius 3 is 2.61 bits per heavy atom. The fourth-order valence-electron chi connectivity index (χ4n) is 3.53. The van der Waals surface area contributed by atoms with Crippen LogP contribution in [0, 0.1) is 0 Å². The van der Waals surface area contributed by atoms with Crippen LogP contribution in [0.15, 0.2) is 59.5 Å². The average molecular weight is 467 g/mol. The van der Waals surface area contributed by atoms with E-state index >= 15 is 0 Å². The molecule has 3 aromatic rings. The average Bonchev–Trinajstić information content (AvgIpc) is 3.17. The van der Waals surface area contributed by atoms with E-state index in [1.54, 1.807) is 36.4 Å². The summed E-state index contributed by atoms with van der Waals surface area (Å²) in [5.74, 6) is -0.439. The number of anilines is 2. The standard InChI is InChI=1S/C21H18ClF3N4OS/c1-31-17-5-3-2-4-14(17)27-20(30)16-11-19-26-15(12-6-8-13(22)9-7-12)10-18(21(23,24)25)29(19)28-16/h2-9,11,15,18,26H,10H2,1H3,(H,27,30)/t15-,18+/m0/s1. The number of benzene rings is 2. The third kappa shape index (κ3) is 4.52. The van der Waals surface area contributed by atoms with Crippen LogP contribution in [-0.4, -0.2) is 28.1 Å². The Balaban J connectivity index is 1.64. The smallest absolute Gasteiger partial charge is 0.363 e. The molecule has 0 saturated carbocycles. The highest BCUT2D eigenvalue weighted by Gasteiger charge is 2.46. The first-order chi connectivity index (χ1) is 14.8. The molecular formula is C21H18ClF3N4OS. The zero-order valence-corrected chi connectivity index (χ0v) is 17.9. The molecule has 4 rings (SSSR count). The molecule has 0 fully saturated rings. The predicted octanol–water partition coefficient (Wildman–Crippen LogP) is 6.17. The van der Waals surface area contributed by atoms with Gasteiger partial charge in [-0.3, -0.25) is 4.79 Å². The van der Waals surface area contributed by atoms with Gasteiger partial charge in [0.2, 0.25) is 0 Å². The Bertz CT molecular complexity index is 1100. The van der Waals surface area contributed by atoms with E-state index in [1.807, 2.05) is 18.4 Å². The van der Waals surface area contributed by atoms with Crippen LogP contribution in [0.4, 0.5) is 24.7 Å². The molecule has 1 aliphatic heterocycles. The molecule has 0 aliphatic carbocycles. The van der Waals surface area contributed by atoms with Crippen molar-refractivity contribution < 1.29 is 18.0 Å². The quantitative estimate of drug-likeness (QED) is 0.451. The van der Waals surface area contributed by atoms with Crippen molar-refractivity contribution in [2.24, 2.45) is 0 Å². The summed E-state index contributed by atoms with van der Waals surface area (Å²) in [5.41, 5.74) is 1.15. The lowest BCUT2D eigenvalue weighted by molar-refractivity contribution is -0.173. The molecule has 1 aliphatic rings. The van der Waals surface area contributed by atoms with Crippen LogP contribution >= 0.6 is 23.4 Å². The summed E-state index contributed by atoms with van der Waals surface area (Å²) < 4.78 is 42.3. The molecule has 31 heavy (non-hydrogen) atoms. The Kier molecular flexibility index (Phi) is 5.90. The van der Waals surface area contributed by atoms with Crippen LogP contribution in [-0.2, 0) is 0 Å². The zero-order valence-electron chi connectivity index (χ0n) is 16.3. The molecule has 162 valence electrons. The van der Waals surface area contributed by atoms with E-state index in [1.165, 1.54) is 17.8 Å². The second-order valence-corrected chi connectivity index (χ2v) is 8.34. The number of hydrogen-bond acceptors (Lipinski definition) is 4. The van der Waals surface area contributed by atoms with E-state index in [2.05, 4.69) is 15.7 Å². The van der Waals surface area contributed by atoms with Crippen LogP contribution in [0.1, 0.15) is 34.6 Å². The van der Waals surface area contributed by atoms with Gasteiger partial charge in [-0.05, 0) is 36.1 Å². The molecule has 2 aromatic carbocycles. The lowest BCUT2D eigenvalue weighted by atomic mass is 9.97. The zero-order chi connectivity index (χ0) is 22.2. The molecule has 10 heteroatoms. The molecule has 1 amide bonds. The maximum absolute atomic E-state index is 13.8. The fourth-order valence-corrected chi connectivity index (χ4v) is 4.21. The molecule has 0 unspecified atom stereocenters. The number of para-hydroxylation sites is 1. The number of halogens is 4. The highest BCUT2D eigenvalue weighted by atomic mass is 35.5. The Labute approximate surface area is 186 Å². The van der Waals surface area contributed by atoms with Crippen molar-refractivity contribution in [3.63, 3.8) is 0 Å². The molecule has 2 heterocycles. The summed E-state index contributed by atoms with van der Waals surface area (Å²) in [6, 6.07) is 12.7. The van der Waals surface area contributed by atoms with Crippen molar-refractivity contribution in [2.75, 3.05) is 16.9 Å². The van der Waals surface area contributed by atoms with E-state index in [4.69, 9.17) is 11.6 Å². The number of carbonyl (C=O) groups is 1. The first-order valence-corrected chi connectivity index (χ1v) is 11.0. The molecule has 2 atom stereocenters. The van der Waals surface area contributed by atoms with Crippen molar-refractivity contribution in [2.45, 2.75) is 29.6 Å². The van der Waals surface area contributed by atoms with Crippen LogP contribution in [0.25, 0.3) is 0 Å². The van der Waals surface area contributed by atoms with Gasteiger partial charge in [-0.25, -0.2) is 4.68 Å². The fraction of sp³-hybridized carbons (Fsp3) is 0.238. The number of nitrogens with one attached hydrogen (secondary N) is 2. The van der Waals surface area contributed by atoms with Crippen LogP contribution in [0.5, 0.6) is 0 Å². The highest BCUT2D eigenvalue weighted by Crippen LogP contribution is 2.43. The Morgan fingerprint density at radius 2 is 1.94 bits per heavy atom. The van der Waals surface area contributed by atoms with Gasteiger partial charge in [-0.2, -0.15) is 18.3 Å². The van der Waals surface area contributed by atoms with Gasteiger partial charge in [0, 0.05) is 22.4 Å². The second-order valence-electron chi connectivity index (χ2n) is 7.06. The molecule has 0 saturated heterocycles. The van der Waals surface area contributed by atoms with Gasteiger partial charge < -0.3 is 10.6 Å². The Morgan fingerprint density at radius 1 is 1.23 bits per heavy atom. The lowest BCUT2D eigenvalue weighted by Crippen LogP contribution is -2.35. The van der Waals surface area contributed by atoms with E-state index in [0.717, 1.165) is 9.58 Å². The minimum Gasteiger partial charge on any atom is -0.363 e. The summed E-state index contributed by atoms with van der Waals surface area (Å²) in [6.45, 7) is 0. The molecule has 2 N–H and O–H groups in total. The molecule has 0 spiro atoms.